The number of thiophene rings is 1. The first-order valence-corrected chi connectivity index (χ1v) is 5.49. The van der Waals surface area contributed by atoms with E-state index in [1.165, 1.54) is 0 Å². The third-order valence-corrected chi connectivity index (χ3v) is 4.34. The van der Waals surface area contributed by atoms with Gasteiger partial charge in [-0.3, -0.25) is 0 Å². The normalized spacial score (nSPS) is 29.2. The largest absolute Gasteiger partial charge is 0.425 e. The van der Waals surface area contributed by atoms with Crippen LogP contribution in [0.1, 0.15) is 29.5 Å². The number of nitrogens with two attached hydrogens (primary N) is 1. The zero-order chi connectivity index (χ0) is 11.4. The third kappa shape index (κ3) is 1.67. The van der Waals surface area contributed by atoms with Gasteiger partial charge in [0.2, 0.25) is 0 Å². The second-order valence-electron chi connectivity index (χ2n) is 4.52. The number of halogens is 3. The Morgan fingerprint density at radius 2 is 1.87 bits per heavy atom. The Hall–Kier alpha value is -0.550. The molecule has 0 bridgehead atoms. The summed E-state index contributed by atoms with van der Waals surface area (Å²) in [6.07, 6.45) is -4.23. The smallest absolute Gasteiger partial charge is 0.327 e. The Bertz CT molecular complexity index is 380. The van der Waals surface area contributed by atoms with Gasteiger partial charge in [-0.2, -0.15) is 13.2 Å². The van der Waals surface area contributed by atoms with E-state index in [9.17, 15) is 13.2 Å². The molecular weight excluding hydrogens is 223 g/mol. The van der Waals surface area contributed by atoms with Crippen LogP contribution in [0.2, 0.25) is 0 Å². The molecule has 1 aromatic rings. The Morgan fingerprint density at radius 1 is 1.33 bits per heavy atom. The molecular formula is C10H12F3NS. The van der Waals surface area contributed by atoms with Crippen molar-refractivity contribution in [1.29, 1.82) is 0 Å². The van der Waals surface area contributed by atoms with Gasteiger partial charge in [-0.15, -0.1) is 11.3 Å². The highest BCUT2D eigenvalue weighted by Gasteiger charge is 2.57. The molecule has 1 aromatic heterocycles. The van der Waals surface area contributed by atoms with Gasteiger partial charge in [-0.05, 0) is 17.5 Å². The second-order valence-corrected chi connectivity index (χ2v) is 5.64. The fraction of sp³-hybridized carbons (Fsp3) is 0.600. The van der Waals surface area contributed by atoms with E-state index in [2.05, 4.69) is 0 Å². The predicted octanol–water partition coefficient (Wildman–Crippen LogP) is 3.22. The molecule has 1 saturated carbocycles. The minimum Gasteiger partial charge on any atom is -0.327 e. The quantitative estimate of drug-likeness (QED) is 0.794. The van der Waals surface area contributed by atoms with E-state index in [1.54, 1.807) is 6.07 Å². The first kappa shape index (κ1) is 11.0. The first-order chi connectivity index (χ1) is 6.74. The van der Waals surface area contributed by atoms with Crippen LogP contribution < -0.4 is 5.73 Å². The average Bonchev–Trinajstić information content (AvgIpc) is 2.53. The molecule has 0 aliphatic heterocycles. The number of hydrogen-bond acceptors (Lipinski definition) is 2. The van der Waals surface area contributed by atoms with Crippen molar-refractivity contribution in [1.82, 2.24) is 0 Å². The van der Waals surface area contributed by atoms with Gasteiger partial charge in [0, 0.05) is 16.8 Å². The van der Waals surface area contributed by atoms with Crippen molar-refractivity contribution in [2.24, 2.45) is 11.1 Å². The molecule has 1 aliphatic carbocycles. The first-order valence-electron chi connectivity index (χ1n) is 4.67. The van der Waals surface area contributed by atoms with Crippen LogP contribution in [0.3, 0.4) is 0 Å². The maximum atomic E-state index is 12.4. The standard InChI is InChI=1S/C10H12F3NS/c1-9(2)7(8(9)14)5-3-4-6(15-5)10(11,12)13/h3-4,7-8H,14H2,1-2H3/t7-,8-/m0/s1. The number of rotatable bonds is 1. The van der Waals surface area contributed by atoms with Crippen molar-refractivity contribution in [3.63, 3.8) is 0 Å². The van der Waals surface area contributed by atoms with E-state index in [-0.39, 0.29) is 17.4 Å². The van der Waals surface area contributed by atoms with Gasteiger partial charge in [0.25, 0.3) is 0 Å². The Morgan fingerprint density at radius 3 is 2.20 bits per heavy atom. The van der Waals surface area contributed by atoms with Crippen LogP contribution in [0.25, 0.3) is 0 Å². The molecule has 15 heavy (non-hydrogen) atoms. The van der Waals surface area contributed by atoms with E-state index < -0.39 is 11.1 Å². The fourth-order valence-electron chi connectivity index (χ4n) is 1.89. The molecule has 84 valence electrons. The topological polar surface area (TPSA) is 26.0 Å². The highest BCUT2D eigenvalue weighted by Crippen LogP contribution is 2.59. The molecule has 2 rings (SSSR count). The molecule has 1 nitrogen and oxygen atoms in total. The van der Waals surface area contributed by atoms with Gasteiger partial charge in [-0.25, -0.2) is 0 Å². The van der Waals surface area contributed by atoms with Gasteiger partial charge in [0.15, 0.2) is 0 Å². The van der Waals surface area contributed by atoms with Crippen LogP contribution in [0.5, 0.6) is 0 Å². The molecule has 0 spiro atoms. The summed E-state index contributed by atoms with van der Waals surface area (Å²) in [5, 5.41) is 0. The van der Waals surface area contributed by atoms with E-state index in [0.29, 0.717) is 0 Å². The van der Waals surface area contributed by atoms with Gasteiger partial charge >= 0.3 is 6.18 Å². The van der Waals surface area contributed by atoms with Gasteiger partial charge in [-0.1, -0.05) is 13.8 Å². The maximum Gasteiger partial charge on any atom is 0.425 e. The van der Waals surface area contributed by atoms with Crippen LogP contribution in [0.15, 0.2) is 12.1 Å². The lowest BCUT2D eigenvalue weighted by Gasteiger charge is -2.01. The lowest BCUT2D eigenvalue weighted by molar-refractivity contribution is -0.134. The van der Waals surface area contributed by atoms with Gasteiger partial charge in [0.1, 0.15) is 4.88 Å². The van der Waals surface area contributed by atoms with Crippen molar-refractivity contribution in [2.75, 3.05) is 0 Å². The van der Waals surface area contributed by atoms with Crippen LogP contribution in [-0.2, 0) is 6.18 Å². The van der Waals surface area contributed by atoms with Crippen LogP contribution >= 0.6 is 11.3 Å². The highest BCUT2D eigenvalue weighted by atomic mass is 32.1. The zero-order valence-corrected chi connectivity index (χ0v) is 9.25. The third-order valence-electron chi connectivity index (χ3n) is 3.12. The summed E-state index contributed by atoms with van der Waals surface area (Å²) in [7, 11) is 0. The van der Waals surface area contributed by atoms with Crippen molar-refractivity contribution in [3.05, 3.63) is 21.9 Å². The molecule has 1 fully saturated rings. The Balaban J connectivity index is 2.23. The van der Waals surface area contributed by atoms with Crippen molar-refractivity contribution in [2.45, 2.75) is 32.0 Å². The summed E-state index contributed by atoms with van der Waals surface area (Å²) in [5.74, 6) is 0.0820. The Kier molecular flexibility index (Phi) is 2.18. The summed E-state index contributed by atoms with van der Waals surface area (Å²) in [6.45, 7) is 3.96. The maximum absolute atomic E-state index is 12.4. The molecule has 0 amide bonds. The lowest BCUT2D eigenvalue weighted by atomic mass is 10.1. The van der Waals surface area contributed by atoms with Crippen molar-refractivity contribution >= 4 is 11.3 Å². The molecule has 2 atom stereocenters. The minimum absolute atomic E-state index is 0.0165. The molecule has 0 aromatic carbocycles. The van der Waals surface area contributed by atoms with Gasteiger partial charge in [0.05, 0.1) is 0 Å². The van der Waals surface area contributed by atoms with Crippen LogP contribution in [0, 0.1) is 5.41 Å². The Labute approximate surface area is 90.1 Å². The molecule has 1 aliphatic rings. The number of hydrogen-bond donors (Lipinski definition) is 1. The molecule has 5 heteroatoms. The molecule has 2 N–H and O–H groups in total. The average molecular weight is 235 g/mol. The lowest BCUT2D eigenvalue weighted by Crippen LogP contribution is -2.06. The van der Waals surface area contributed by atoms with E-state index >= 15 is 0 Å². The number of alkyl halides is 3. The summed E-state index contributed by atoms with van der Waals surface area (Å²) in [6, 6.07) is 2.67. The second kappa shape index (κ2) is 2.98. The summed E-state index contributed by atoms with van der Waals surface area (Å²) < 4.78 is 37.1. The molecule has 0 radical (unpaired) electrons. The highest BCUT2D eigenvalue weighted by molar-refractivity contribution is 7.12. The molecule has 0 saturated heterocycles. The predicted molar refractivity (Wildman–Crippen MR) is 53.8 cm³/mol. The van der Waals surface area contributed by atoms with Crippen LogP contribution in [-0.4, -0.2) is 6.04 Å². The minimum atomic E-state index is -4.23. The fourth-order valence-corrected chi connectivity index (χ4v) is 3.11. The van der Waals surface area contributed by atoms with Gasteiger partial charge < -0.3 is 5.73 Å². The summed E-state index contributed by atoms with van der Waals surface area (Å²) >= 11 is 0.811. The van der Waals surface area contributed by atoms with Crippen molar-refractivity contribution in [3.8, 4) is 0 Å². The SMILES string of the molecule is CC1(C)[C@@H](N)[C@@H]1c1ccc(C(F)(F)F)s1. The van der Waals surface area contributed by atoms with Crippen molar-refractivity contribution < 1.29 is 13.2 Å². The van der Waals surface area contributed by atoms with Crippen LogP contribution in [0.4, 0.5) is 13.2 Å². The molecule has 1 heterocycles. The zero-order valence-electron chi connectivity index (χ0n) is 8.43. The van der Waals surface area contributed by atoms with E-state index in [4.69, 9.17) is 5.73 Å². The van der Waals surface area contributed by atoms with E-state index in [0.717, 1.165) is 22.3 Å². The summed E-state index contributed by atoms with van der Waals surface area (Å²) in [5.41, 5.74) is 5.76. The molecule has 0 unspecified atom stereocenters. The van der Waals surface area contributed by atoms with E-state index in [1.807, 2.05) is 13.8 Å². The summed E-state index contributed by atoms with van der Waals surface area (Å²) in [4.78, 5) is 0.215. The monoisotopic (exact) mass is 235 g/mol.